The first-order valence-electron chi connectivity index (χ1n) is 12.8. The zero-order valence-electron chi connectivity index (χ0n) is 20.7. The van der Waals surface area contributed by atoms with Crippen molar-refractivity contribution in [2.45, 2.75) is 75.5 Å². The van der Waals surface area contributed by atoms with Crippen LogP contribution in [0.4, 0.5) is 18.9 Å². The minimum Gasteiger partial charge on any atom is -0.376 e. The lowest BCUT2D eigenvalue weighted by Crippen LogP contribution is -2.60. The molecular formula is C25H36F3N3O4S. The maximum absolute atomic E-state index is 14.1. The molecule has 2 aliphatic heterocycles. The predicted molar refractivity (Wildman–Crippen MR) is 131 cm³/mol. The van der Waals surface area contributed by atoms with Gasteiger partial charge in [0.05, 0.1) is 30.7 Å². The van der Waals surface area contributed by atoms with Crippen LogP contribution >= 0.6 is 0 Å². The largest absolute Gasteiger partial charge is 0.376 e. The topological polar surface area (TPSA) is 79.0 Å². The average Bonchev–Trinajstić information content (AvgIpc) is 2.82. The Hall–Kier alpha value is -1.85. The van der Waals surface area contributed by atoms with Gasteiger partial charge in [-0.1, -0.05) is 12.1 Å². The third kappa shape index (κ3) is 6.92. The number of halogens is 3. The second kappa shape index (κ2) is 11.3. The number of likely N-dealkylation sites (tertiary alicyclic amines) is 1. The number of benzene rings is 1. The summed E-state index contributed by atoms with van der Waals surface area (Å²) in [6.45, 7) is 1.86. The molecule has 2 heterocycles. The van der Waals surface area contributed by atoms with E-state index in [0.717, 1.165) is 6.26 Å². The van der Waals surface area contributed by atoms with Gasteiger partial charge in [-0.05, 0) is 50.7 Å². The average molecular weight is 532 g/mol. The molecule has 0 spiro atoms. The molecule has 1 aromatic rings. The minimum absolute atomic E-state index is 0.0980. The van der Waals surface area contributed by atoms with Crippen molar-refractivity contribution in [3.05, 3.63) is 30.1 Å². The maximum Gasteiger partial charge on any atom is 0.248 e. The normalized spacial score (nSPS) is 26.2. The molecule has 0 radical (unpaired) electrons. The smallest absolute Gasteiger partial charge is 0.248 e. The van der Waals surface area contributed by atoms with E-state index in [1.165, 1.54) is 6.07 Å². The van der Waals surface area contributed by atoms with E-state index in [2.05, 4.69) is 4.72 Å². The first kappa shape index (κ1) is 27.2. The number of ether oxygens (including phenoxy) is 1. The van der Waals surface area contributed by atoms with Crippen LogP contribution in [0.15, 0.2) is 24.3 Å². The third-order valence-electron chi connectivity index (χ3n) is 7.63. The fourth-order valence-electron chi connectivity index (χ4n) is 5.68. The third-order valence-corrected chi connectivity index (χ3v) is 8.36. The summed E-state index contributed by atoms with van der Waals surface area (Å²) in [4.78, 5) is 17.0. The summed E-state index contributed by atoms with van der Waals surface area (Å²) in [6.07, 6.45) is 3.20. The summed E-state index contributed by atoms with van der Waals surface area (Å²) in [5, 5.41) is 0. The molecule has 1 amide bonds. The van der Waals surface area contributed by atoms with Crippen molar-refractivity contribution in [2.75, 3.05) is 37.4 Å². The number of carbonyl (C=O) groups is 1. The number of hydrogen-bond acceptors (Lipinski definition) is 5. The molecule has 2 saturated heterocycles. The molecule has 3 aliphatic rings. The highest BCUT2D eigenvalue weighted by atomic mass is 32.2. The van der Waals surface area contributed by atoms with Crippen LogP contribution in [0.5, 0.6) is 0 Å². The molecule has 11 heteroatoms. The molecule has 7 nitrogen and oxygen atoms in total. The van der Waals surface area contributed by atoms with E-state index >= 15 is 0 Å². The molecule has 2 atom stereocenters. The number of rotatable bonds is 7. The number of anilines is 1. The van der Waals surface area contributed by atoms with Gasteiger partial charge in [0.2, 0.25) is 21.9 Å². The van der Waals surface area contributed by atoms with Crippen LogP contribution in [-0.4, -0.2) is 75.8 Å². The van der Waals surface area contributed by atoms with Gasteiger partial charge in [0.25, 0.3) is 0 Å². The molecule has 3 fully saturated rings. The van der Waals surface area contributed by atoms with Gasteiger partial charge >= 0.3 is 0 Å². The number of amides is 1. The summed E-state index contributed by atoms with van der Waals surface area (Å²) in [6, 6.07) is 5.65. The van der Waals surface area contributed by atoms with Gasteiger partial charge in [0, 0.05) is 44.4 Å². The Labute approximate surface area is 211 Å². The van der Waals surface area contributed by atoms with Crippen molar-refractivity contribution in [3.8, 4) is 0 Å². The number of nitrogens with one attached hydrogen (secondary N) is 1. The van der Waals surface area contributed by atoms with Gasteiger partial charge < -0.3 is 14.5 Å². The Bertz CT molecular complexity index is 1010. The number of sulfonamides is 1. The number of nitrogens with zero attached hydrogens (tertiary/aromatic N) is 2. The zero-order valence-corrected chi connectivity index (χ0v) is 21.5. The SMILES string of the molecule is CS(=O)(=O)N[C@H]1CCCN(C(=O)C2CCC(F)(F)CC2)[C@H]1COC1CCN(c2ccccc2F)CC1. The van der Waals surface area contributed by atoms with Gasteiger partial charge in [0.1, 0.15) is 5.82 Å². The second-order valence-electron chi connectivity index (χ2n) is 10.3. The highest BCUT2D eigenvalue weighted by Crippen LogP contribution is 2.38. The molecule has 4 rings (SSSR count). The summed E-state index contributed by atoms with van der Waals surface area (Å²) in [5.74, 6) is -3.65. The Kier molecular flexibility index (Phi) is 8.51. The van der Waals surface area contributed by atoms with Crippen LogP contribution in [0.1, 0.15) is 51.4 Å². The predicted octanol–water partition coefficient (Wildman–Crippen LogP) is 3.55. The molecular weight excluding hydrogens is 495 g/mol. The Morgan fingerprint density at radius 3 is 2.39 bits per heavy atom. The van der Waals surface area contributed by atoms with Gasteiger partial charge in [0.15, 0.2) is 0 Å². The number of alkyl halides is 2. The van der Waals surface area contributed by atoms with Crippen molar-refractivity contribution < 1.29 is 31.1 Å². The van der Waals surface area contributed by atoms with Crippen LogP contribution in [0.25, 0.3) is 0 Å². The minimum atomic E-state index is -3.52. The van der Waals surface area contributed by atoms with E-state index in [9.17, 15) is 26.4 Å². The lowest BCUT2D eigenvalue weighted by molar-refractivity contribution is -0.146. The Balaban J connectivity index is 1.40. The number of para-hydroxylation sites is 1. The van der Waals surface area contributed by atoms with Gasteiger partial charge in [-0.25, -0.2) is 26.3 Å². The van der Waals surface area contributed by atoms with E-state index < -0.39 is 33.9 Å². The monoisotopic (exact) mass is 531 g/mol. The second-order valence-corrected chi connectivity index (χ2v) is 12.1. The summed E-state index contributed by atoms with van der Waals surface area (Å²) in [5.41, 5.74) is 0.565. The zero-order chi connectivity index (χ0) is 25.9. The lowest BCUT2D eigenvalue weighted by atomic mass is 9.84. The number of piperidine rings is 2. The summed E-state index contributed by atoms with van der Waals surface area (Å²) < 4.78 is 74.4. The van der Waals surface area contributed by atoms with Crippen molar-refractivity contribution in [3.63, 3.8) is 0 Å². The fraction of sp³-hybridized carbons (Fsp3) is 0.720. The number of hydrogen-bond donors (Lipinski definition) is 1. The first-order chi connectivity index (χ1) is 17.0. The highest BCUT2D eigenvalue weighted by molar-refractivity contribution is 7.88. The molecule has 1 N–H and O–H groups in total. The van der Waals surface area contributed by atoms with Gasteiger partial charge in [-0.3, -0.25) is 4.79 Å². The standard InChI is InChI=1S/C25H36F3N3O4S/c1-36(33,34)29-21-6-4-14-31(24(32)18-8-12-25(27,28)13-9-18)23(21)17-35-19-10-15-30(16-11-19)22-7-3-2-5-20(22)26/h2-3,5,7,18-19,21,23,29H,4,6,8-17H2,1H3/t21-,23-/m0/s1. The summed E-state index contributed by atoms with van der Waals surface area (Å²) in [7, 11) is -3.52. The highest BCUT2D eigenvalue weighted by Gasteiger charge is 2.42. The van der Waals surface area contributed by atoms with Gasteiger partial charge in [-0.15, -0.1) is 0 Å². The van der Waals surface area contributed by atoms with Crippen molar-refractivity contribution in [2.24, 2.45) is 5.92 Å². The van der Waals surface area contributed by atoms with Crippen molar-refractivity contribution >= 4 is 21.6 Å². The molecule has 1 saturated carbocycles. The Morgan fingerprint density at radius 1 is 1.08 bits per heavy atom. The molecule has 0 bridgehead atoms. The van der Waals surface area contributed by atoms with Crippen molar-refractivity contribution in [1.29, 1.82) is 0 Å². The van der Waals surface area contributed by atoms with Crippen LogP contribution in [-0.2, 0) is 19.6 Å². The van der Waals surface area contributed by atoms with E-state index in [4.69, 9.17) is 4.74 Å². The molecule has 1 aromatic carbocycles. The molecule has 1 aliphatic carbocycles. The maximum atomic E-state index is 14.1. The van der Waals surface area contributed by atoms with E-state index in [-0.39, 0.29) is 50.1 Å². The molecule has 0 unspecified atom stereocenters. The van der Waals surface area contributed by atoms with E-state index in [1.807, 2.05) is 4.90 Å². The molecule has 36 heavy (non-hydrogen) atoms. The number of carbonyl (C=O) groups excluding carboxylic acids is 1. The van der Waals surface area contributed by atoms with Gasteiger partial charge in [-0.2, -0.15) is 0 Å². The van der Waals surface area contributed by atoms with Crippen LogP contribution in [0.2, 0.25) is 0 Å². The quantitative estimate of drug-likeness (QED) is 0.582. The van der Waals surface area contributed by atoms with Crippen molar-refractivity contribution in [1.82, 2.24) is 9.62 Å². The fourth-order valence-corrected chi connectivity index (χ4v) is 6.50. The van der Waals surface area contributed by atoms with E-state index in [0.29, 0.717) is 51.0 Å². The Morgan fingerprint density at radius 2 is 1.75 bits per heavy atom. The van der Waals surface area contributed by atoms with Crippen LogP contribution in [0, 0.1) is 11.7 Å². The van der Waals surface area contributed by atoms with E-state index in [1.54, 1.807) is 23.1 Å². The molecule has 0 aromatic heterocycles. The van der Waals surface area contributed by atoms with Crippen LogP contribution < -0.4 is 9.62 Å². The first-order valence-corrected chi connectivity index (χ1v) is 14.7. The summed E-state index contributed by atoms with van der Waals surface area (Å²) >= 11 is 0. The molecule has 202 valence electrons. The van der Waals surface area contributed by atoms with Crippen LogP contribution in [0.3, 0.4) is 0 Å². The lowest BCUT2D eigenvalue weighted by Gasteiger charge is -2.44.